The molecule has 0 unspecified atom stereocenters. The van der Waals surface area contributed by atoms with E-state index in [0.717, 1.165) is 43.2 Å². The first kappa shape index (κ1) is 14.7. The Morgan fingerprint density at radius 3 is 2.45 bits per heavy atom. The summed E-state index contributed by atoms with van der Waals surface area (Å²) in [5.41, 5.74) is 2.42. The zero-order chi connectivity index (χ0) is 15.2. The number of hydrogen-bond acceptors (Lipinski definition) is 5. The van der Waals surface area contributed by atoms with Crippen molar-refractivity contribution in [3.8, 4) is 5.75 Å². The largest absolute Gasteiger partial charge is 0.508 e. The molecule has 1 saturated heterocycles. The molecule has 1 aliphatic heterocycles. The predicted octanol–water partition coefficient (Wildman–Crippen LogP) is 3.64. The number of ether oxygens (including phenoxy) is 1. The van der Waals surface area contributed by atoms with Gasteiger partial charge >= 0.3 is 0 Å². The van der Waals surface area contributed by atoms with Crippen LogP contribution in [0.3, 0.4) is 0 Å². The average molecular weight is 297 g/mol. The Hall–Kier alpha value is -2.24. The zero-order valence-electron chi connectivity index (χ0n) is 12.4. The van der Waals surface area contributed by atoms with Gasteiger partial charge in [0.25, 0.3) is 0 Å². The highest BCUT2D eigenvalue weighted by Crippen LogP contribution is 2.26. The summed E-state index contributed by atoms with van der Waals surface area (Å²) >= 11 is 0. The van der Waals surface area contributed by atoms with Gasteiger partial charge in [0.2, 0.25) is 0 Å². The number of phenols is 1. The summed E-state index contributed by atoms with van der Waals surface area (Å²) in [6, 6.07) is 14.9. The van der Waals surface area contributed by atoms with E-state index in [4.69, 9.17) is 4.74 Å². The molecule has 5 heteroatoms. The van der Waals surface area contributed by atoms with E-state index in [-0.39, 0.29) is 0 Å². The van der Waals surface area contributed by atoms with Gasteiger partial charge in [0, 0.05) is 25.2 Å². The van der Waals surface area contributed by atoms with Gasteiger partial charge in [-0.25, -0.2) is 0 Å². The fourth-order valence-corrected chi connectivity index (χ4v) is 2.37. The summed E-state index contributed by atoms with van der Waals surface area (Å²) in [7, 11) is 0. The normalized spacial score (nSPS) is 16.2. The summed E-state index contributed by atoms with van der Waals surface area (Å²) in [5, 5.41) is 18.5. The van der Waals surface area contributed by atoms with Gasteiger partial charge in [0.1, 0.15) is 5.75 Å². The summed E-state index contributed by atoms with van der Waals surface area (Å²) in [4.78, 5) is 2.26. The van der Waals surface area contributed by atoms with E-state index < -0.39 is 0 Å². The number of benzene rings is 2. The van der Waals surface area contributed by atoms with Crippen LogP contribution in [0.5, 0.6) is 5.75 Å². The lowest BCUT2D eigenvalue weighted by Gasteiger charge is -2.26. The second kappa shape index (κ2) is 7.15. The number of phenolic OH excluding ortho intramolecular Hbond substituents is 1. The third-order valence-corrected chi connectivity index (χ3v) is 3.60. The Kier molecular flexibility index (Phi) is 4.78. The molecule has 0 saturated carbocycles. The standard InChI is InChI=1S/C17H19N3O2/c21-17-7-6-16(19-18-15-4-2-1-3-5-15)12-14(17)13-20-8-10-22-11-9-20/h1-7,12,21H,8-11,13H2. The molecule has 1 fully saturated rings. The first-order valence-electron chi connectivity index (χ1n) is 7.40. The van der Waals surface area contributed by atoms with E-state index in [0.29, 0.717) is 12.3 Å². The topological polar surface area (TPSA) is 57.4 Å². The van der Waals surface area contributed by atoms with Crippen LogP contribution in [0.1, 0.15) is 5.56 Å². The summed E-state index contributed by atoms with van der Waals surface area (Å²) in [6.07, 6.45) is 0. The molecule has 0 radical (unpaired) electrons. The second-order valence-electron chi connectivity index (χ2n) is 5.24. The van der Waals surface area contributed by atoms with E-state index in [9.17, 15) is 5.11 Å². The first-order chi connectivity index (χ1) is 10.8. The third kappa shape index (κ3) is 3.90. The van der Waals surface area contributed by atoms with Crippen LogP contribution in [0.2, 0.25) is 0 Å². The van der Waals surface area contributed by atoms with Crippen LogP contribution in [0, 0.1) is 0 Å². The lowest BCUT2D eigenvalue weighted by molar-refractivity contribution is 0.0339. The van der Waals surface area contributed by atoms with Gasteiger partial charge in [0.15, 0.2) is 0 Å². The van der Waals surface area contributed by atoms with Crippen LogP contribution in [-0.2, 0) is 11.3 Å². The Bertz CT molecular complexity index is 638. The van der Waals surface area contributed by atoms with E-state index >= 15 is 0 Å². The highest BCUT2D eigenvalue weighted by Gasteiger charge is 2.13. The average Bonchev–Trinajstić information content (AvgIpc) is 2.57. The number of nitrogens with zero attached hydrogens (tertiary/aromatic N) is 3. The first-order valence-corrected chi connectivity index (χ1v) is 7.40. The molecule has 1 aliphatic rings. The molecule has 1 N–H and O–H groups in total. The van der Waals surface area contributed by atoms with Crippen molar-refractivity contribution in [2.45, 2.75) is 6.54 Å². The predicted molar refractivity (Wildman–Crippen MR) is 84.8 cm³/mol. The maximum atomic E-state index is 10.0. The molecular weight excluding hydrogens is 278 g/mol. The van der Waals surface area contributed by atoms with Crippen LogP contribution in [0.25, 0.3) is 0 Å². The minimum absolute atomic E-state index is 0.296. The maximum absolute atomic E-state index is 10.0. The van der Waals surface area contributed by atoms with Gasteiger partial charge in [-0.05, 0) is 30.3 Å². The van der Waals surface area contributed by atoms with Crippen molar-refractivity contribution >= 4 is 11.4 Å². The highest BCUT2D eigenvalue weighted by atomic mass is 16.5. The molecule has 0 spiro atoms. The van der Waals surface area contributed by atoms with Crippen molar-refractivity contribution in [1.29, 1.82) is 0 Å². The van der Waals surface area contributed by atoms with E-state index in [1.54, 1.807) is 12.1 Å². The van der Waals surface area contributed by atoms with Crippen molar-refractivity contribution in [3.63, 3.8) is 0 Å². The van der Waals surface area contributed by atoms with Gasteiger partial charge in [-0.2, -0.15) is 10.2 Å². The van der Waals surface area contributed by atoms with Crippen molar-refractivity contribution in [2.75, 3.05) is 26.3 Å². The SMILES string of the molecule is Oc1ccc(N=Nc2ccccc2)cc1CN1CCOCC1. The molecule has 0 aliphatic carbocycles. The van der Waals surface area contributed by atoms with E-state index in [1.807, 2.05) is 36.4 Å². The highest BCUT2D eigenvalue weighted by molar-refractivity contribution is 5.47. The van der Waals surface area contributed by atoms with Gasteiger partial charge in [-0.15, -0.1) is 0 Å². The number of rotatable bonds is 4. The van der Waals surface area contributed by atoms with Crippen LogP contribution in [0.15, 0.2) is 58.8 Å². The summed E-state index contributed by atoms with van der Waals surface area (Å²) in [6.45, 7) is 3.95. The van der Waals surface area contributed by atoms with Crippen molar-refractivity contribution in [1.82, 2.24) is 4.90 Å². The van der Waals surface area contributed by atoms with Gasteiger partial charge < -0.3 is 9.84 Å². The molecule has 2 aromatic rings. The monoisotopic (exact) mass is 297 g/mol. The molecule has 0 aromatic heterocycles. The molecule has 114 valence electrons. The van der Waals surface area contributed by atoms with Gasteiger partial charge in [0.05, 0.1) is 24.6 Å². The molecular formula is C17H19N3O2. The minimum Gasteiger partial charge on any atom is -0.508 e. The van der Waals surface area contributed by atoms with Crippen LogP contribution in [-0.4, -0.2) is 36.3 Å². The fourth-order valence-electron chi connectivity index (χ4n) is 2.37. The van der Waals surface area contributed by atoms with Crippen molar-refractivity contribution in [2.24, 2.45) is 10.2 Å². The van der Waals surface area contributed by atoms with E-state index in [2.05, 4.69) is 15.1 Å². The van der Waals surface area contributed by atoms with Crippen LogP contribution < -0.4 is 0 Å². The molecule has 22 heavy (non-hydrogen) atoms. The lowest BCUT2D eigenvalue weighted by Crippen LogP contribution is -2.35. The summed E-state index contributed by atoms with van der Waals surface area (Å²) < 4.78 is 5.34. The van der Waals surface area contributed by atoms with Crippen molar-refractivity contribution < 1.29 is 9.84 Å². The molecule has 3 rings (SSSR count). The van der Waals surface area contributed by atoms with E-state index in [1.165, 1.54) is 0 Å². The Balaban J connectivity index is 1.73. The molecule has 0 amide bonds. The lowest BCUT2D eigenvalue weighted by atomic mass is 10.1. The number of hydrogen-bond donors (Lipinski definition) is 1. The Morgan fingerprint density at radius 2 is 1.68 bits per heavy atom. The fraction of sp³-hybridized carbons (Fsp3) is 0.294. The quantitative estimate of drug-likeness (QED) is 0.877. The zero-order valence-corrected chi connectivity index (χ0v) is 12.4. The molecule has 5 nitrogen and oxygen atoms in total. The molecule has 0 bridgehead atoms. The summed E-state index contributed by atoms with van der Waals surface area (Å²) in [5.74, 6) is 0.296. The number of aromatic hydroxyl groups is 1. The second-order valence-corrected chi connectivity index (χ2v) is 5.24. The smallest absolute Gasteiger partial charge is 0.120 e. The Labute approximate surface area is 129 Å². The molecule has 1 heterocycles. The maximum Gasteiger partial charge on any atom is 0.120 e. The van der Waals surface area contributed by atoms with Gasteiger partial charge in [-0.1, -0.05) is 18.2 Å². The number of azo groups is 1. The van der Waals surface area contributed by atoms with Crippen molar-refractivity contribution in [3.05, 3.63) is 54.1 Å². The molecule has 2 aromatic carbocycles. The minimum atomic E-state index is 0.296. The number of morpholine rings is 1. The molecule has 0 atom stereocenters. The Morgan fingerprint density at radius 1 is 0.955 bits per heavy atom. The third-order valence-electron chi connectivity index (χ3n) is 3.60. The van der Waals surface area contributed by atoms with Crippen LogP contribution in [0.4, 0.5) is 11.4 Å². The van der Waals surface area contributed by atoms with Gasteiger partial charge in [-0.3, -0.25) is 4.90 Å². The van der Waals surface area contributed by atoms with Crippen LogP contribution >= 0.6 is 0 Å².